The summed E-state index contributed by atoms with van der Waals surface area (Å²) in [5.74, 6) is -0.180. The van der Waals surface area contributed by atoms with Gasteiger partial charge in [-0.2, -0.15) is 0 Å². The molecule has 6 nitrogen and oxygen atoms in total. The minimum absolute atomic E-state index is 0.0424. The van der Waals surface area contributed by atoms with Gasteiger partial charge in [0, 0.05) is 35.7 Å². The Labute approximate surface area is 86.3 Å². The van der Waals surface area contributed by atoms with E-state index < -0.39 is 11.1 Å². The smallest absolute Gasteiger partial charge is 0.264 e. The van der Waals surface area contributed by atoms with Crippen molar-refractivity contribution in [2.45, 2.75) is 19.0 Å². The van der Waals surface area contributed by atoms with Crippen LogP contribution in [0.15, 0.2) is 24.5 Å². The van der Waals surface area contributed by atoms with Crippen LogP contribution in [-0.4, -0.2) is 21.9 Å². The van der Waals surface area contributed by atoms with Crippen LogP contribution in [0.25, 0.3) is 0 Å². The van der Waals surface area contributed by atoms with Gasteiger partial charge in [0.1, 0.15) is 0 Å². The molecule has 0 spiro atoms. The SMILES string of the molecule is NC(CCC(=O)c1cccnc1)[N+](=O)[O-]. The van der Waals surface area contributed by atoms with E-state index in [1.54, 1.807) is 18.3 Å². The first-order valence-electron chi connectivity index (χ1n) is 4.43. The highest BCUT2D eigenvalue weighted by atomic mass is 16.6. The van der Waals surface area contributed by atoms with Crippen molar-refractivity contribution < 1.29 is 9.72 Å². The molecule has 1 aromatic heterocycles. The topological polar surface area (TPSA) is 99.1 Å². The average molecular weight is 209 g/mol. The summed E-state index contributed by atoms with van der Waals surface area (Å²) in [6.45, 7) is 0. The molecule has 0 radical (unpaired) electrons. The molecule has 80 valence electrons. The van der Waals surface area contributed by atoms with Gasteiger partial charge in [-0.25, -0.2) is 0 Å². The lowest BCUT2D eigenvalue weighted by Crippen LogP contribution is -2.30. The molecule has 0 saturated carbocycles. The quantitative estimate of drug-likeness (QED) is 0.331. The Morgan fingerprint density at radius 2 is 2.40 bits per heavy atom. The van der Waals surface area contributed by atoms with E-state index in [0.29, 0.717) is 5.56 Å². The van der Waals surface area contributed by atoms with E-state index in [9.17, 15) is 14.9 Å². The lowest BCUT2D eigenvalue weighted by Gasteiger charge is -2.02. The standard InChI is InChI=1S/C9H11N3O3/c10-9(12(14)15)4-3-8(13)7-2-1-5-11-6-7/h1-2,5-6,9H,3-4,10H2. The summed E-state index contributed by atoms with van der Waals surface area (Å²) >= 11 is 0. The number of hydrogen-bond acceptors (Lipinski definition) is 5. The Hall–Kier alpha value is -1.82. The minimum Gasteiger partial charge on any atom is -0.294 e. The van der Waals surface area contributed by atoms with E-state index in [2.05, 4.69) is 4.98 Å². The molecule has 0 aliphatic carbocycles. The molecule has 1 rings (SSSR count). The van der Waals surface area contributed by atoms with Gasteiger partial charge in [-0.15, -0.1) is 0 Å². The van der Waals surface area contributed by atoms with Crippen LogP contribution in [0.5, 0.6) is 0 Å². The van der Waals surface area contributed by atoms with Crippen molar-refractivity contribution in [3.63, 3.8) is 0 Å². The van der Waals surface area contributed by atoms with Gasteiger partial charge in [0.2, 0.25) is 0 Å². The maximum atomic E-state index is 11.5. The number of pyridine rings is 1. The number of aromatic nitrogens is 1. The summed E-state index contributed by atoms with van der Waals surface area (Å²) in [7, 11) is 0. The molecule has 0 amide bonds. The molecule has 0 aliphatic rings. The molecule has 0 saturated heterocycles. The second-order valence-corrected chi connectivity index (χ2v) is 3.06. The van der Waals surface area contributed by atoms with E-state index in [-0.39, 0.29) is 18.6 Å². The Morgan fingerprint density at radius 1 is 1.67 bits per heavy atom. The van der Waals surface area contributed by atoms with Crippen LogP contribution in [0.3, 0.4) is 0 Å². The third-order valence-corrected chi connectivity index (χ3v) is 1.92. The van der Waals surface area contributed by atoms with E-state index in [1.807, 2.05) is 0 Å². The third-order valence-electron chi connectivity index (χ3n) is 1.92. The molecule has 1 atom stereocenters. The summed E-state index contributed by atoms with van der Waals surface area (Å²) in [5, 5.41) is 10.2. The van der Waals surface area contributed by atoms with Crippen molar-refractivity contribution in [2.75, 3.05) is 0 Å². The number of ketones is 1. The second-order valence-electron chi connectivity index (χ2n) is 3.06. The van der Waals surface area contributed by atoms with Crippen molar-refractivity contribution in [1.82, 2.24) is 4.98 Å². The molecule has 0 aliphatic heterocycles. The number of nitrogens with zero attached hydrogens (tertiary/aromatic N) is 2. The fourth-order valence-corrected chi connectivity index (χ4v) is 1.06. The van der Waals surface area contributed by atoms with Crippen LogP contribution in [-0.2, 0) is 0 Å². The number of hydrogen-bond donors (Lipinski definition) is 1. The van der Waals surface area contributed by atoms with Gasteiger partial charge in [0.15, 0.2) is 5.78 Å². The van der Waals surface area contributed by atoms with Crippen LogP contribution in [0, 0.1) is 10.1 Å². The number of carbonyl (C=O) groups excluding carboxylic acids is 1. The molecule has 15 heavy (non-hydrogen) atoms. The molecule has 1 aromatic rings. The van der Waals surface area contributed by atoms with Crippen LogP contribution < -0.4 is 5.73 Å². The first-order chi connectivity index (χ1) is 7.11. The normalized spacial score (nSPS) is 12.1. The number of nitrogens with two attached hydrogens (primary N) is 1. The van der Waals surface area contributed by atoms with Crippen LogP contribution >= 0.6 is 0 Å². The first-order valence-corrected chi connectivity index (χ1v) is 4.43. The third kappa shape index (κ3) is 3.43. The highest BCUT2D eigenvalue weighted by molar-refractivity contribution is 5.95. The molecule has 2 N–H and O–H groups in total. The van der Waals surface area contributed by atoms with Gasteiger partial charge in [0.25, 0.3) is 6.17 Å². The summed E-state index contributed by atoms with van der Waals surface area (Å²) < 4.78 is 0. The highest BCUT2D eigenvalue weighted by Crippen LogP contribution is 2.05. The zero-order chi connectivity index (χ0) is 11.3. The Kier molecular flexibility index (Phi) is 3.87. The van der Waals surface area contributed by atoms with Gasteiger partial charge in [-0.1, -0.05) is 0 Å². The first kappa shape index (κ1) is 11.3. The van der Waals surface area contributed by atoms with Crippen LogP contribution in [0.2, 0.25) is 0 Å². The maximum Gasteiger partial charge on any atom is 0.264 e. The minimum atomic E-state index is -1.18. The molecule has 0 aromatic carbocycles. The predicted octanol–water partition coefficient (Wildman–Crippen LogP) is 0.606. The van der Waals surface area contributed by atoms with E-state index in [1.165, 1.54) is 6.20 Å². The van der Waals surface area contributed by atoms with E-state index in [4.69, 9.17) is 5.73 Å². The summed E-state index contributed by atoms with van der Waals surface area (Å²) in [6.07, 6.45) is 1.92. The van der Waals surface area contributed by atoms with Crippen molar-refractivity contribution in [2.24, 2.45) is 5.73 Å². The molecule has 1 heterocycles. The lowest BCUT2D eigenvalue weighted by molar-refractivity contribution is -0.522. The largest absolute Gasteiger partial charge is 0.294 e. The van der Waals surface area contributed by atoms with Gasteiger partial charge in [-0.05, 0) is 12.1 Å². The molecule has 0 bridgehead atoms. The van der Waals surface area contributed by atoms with Gasteiger partial charge in [-0.3, -0.25) is 25.6 Å². The van der Waals surface area contributed by atoms with Crippen molar-refractivity contribution in [3.8, 4) is 0 Å². The molecular weight excluding hydrogens is 198 g/mol. The van der Waals surface area contributed by atoms with Gasteiger partial charge < -0.3 is 0 Å². The van der Waals surface area contributed by atoms with E-state index >= 15 is 0 Å². The summed E-state index contributed by atoms with van der Waals surface area (Å²) in [5.41, 5.74) is 5.63. The number of carbonyl (C=O) groups is 1. The Balaban J connectivity index is 2.47. The zero-order valence-electron chi connectivity index (χ0n) is 8.00. The maximum absolute atomic E-state index is 11.5. The highest BCUT2D eigenvalue weighted by Gasteiger charge is 2.15. The molecule has 6 heteroatoms. The number of nitro groups is 1. The van der Waals surface area contributed by atoms with Gasteiger partial charge in [0.05, 0.1) is 0 Å². The van der Waals surface area contributed by atoms with Crippen molar-refractivity contribution >= 4 is 5.78 Å². The predicted molar refractivity (Wildman–Crippen MR) is 52.8 cm³/mol. The van der Waals surface area contributed by atoms with Crippen molar-refractivity contribution in [1.29, 1.82) is 0 Å². The van der Waals surface area contributed by atoms with Gasteiger partial charge >= 0.3 is 0 Å². The lowest BCUT2D eigenvalue weighted by atomic mass is 10.1. The van der Waals surface area contributed by atoms with Crippen LogP contribution in [0.1, 0.15) is 23.2 Å². The molecule has 0 fully saturated rings. The van der Waals surface area contributed by atoms with Crippen molar-refractivity contribution in [3.05, 3.63) is 40.2 Å². The number of rotatable bonds is 5. The Morgan fingerprint density at radius 3 is 2.93 bits per heavy atom. The zero-order valence-corrected chi connectivity index (χ0v) is 8.00. The average Bonchev–Trinajstić information content (AvgIpc) is 2.26. The fourth-order valence-electron chi connectivity index (χ4n) is 1.06. The van der Waals surface area contributed by atoms with Crippen LogP contribution in [0.4, 0.5) is 0 Å². The second kappa shape index (κ2) is 5.16. The summed E-state index contributed by atoms with van der Waals surface area (Å²) in [4.78, 5) is 24.8. The molecular formula is C9H11N3O3. The number of Topliss-reactive ketones (excluding diaryl/α,β-unsaturated/α-hetero) is 1. The summed E-state index contributed by atoms with van der Waals surface area (Å²) in [6, 6.07) is 3.26. The Bertz CT molecular complexity index is 353. The van der Waals surface area contributed by atoms with E-state index in [0.717, 1.165) is 0 Å². The fraction of sp³-hybridized carbons (Fsp3) is 0.333. The molecule has 1 unspecified atom stereocenters. The monoisotopic (exact) mass is 209 g/mol.